The quantitative estimate of drug-likeness (QED) is 0.780. The third kappa shape index (κ3) is 3.74. The molecule has 5 heteroatoms. The van der Waals surface area contributed by atoms with Crippen molar-refractivity contribution in [1.82, 2.24) is 10.2 Å². The second kappa shape index (κ2) is 6.77. The molecule has 1 atom stereocenters. The number of carbonyl (C=O) groups excluding carboxylic acids is 1. The van der Waals surface area contributed by atoms with Gasteiger partial charge in [-0.15, -0.1) is 0 Å². The molecule has 2 N–H and O–H groups in total. The fourth-order valence-corrected chi connectivity index (χ4v) is 3.03. The number of hydrogen-bond acceptors (Lipinski definition) is 2. The molecule has 0 saturated heterocycles. The highest BCUT2D eigenvalue weighted by Gasteiger charge is 2.32. The van der Waals surface area contributed by atoms with E-state index in [1.54, 1.807) is 4.90 Å². The average Bonchev–Trinajstić information content (AvgIpc) is 2.46. The van der Waals surface area contributed by atoms with Gasteiger partial charge in [-0.05, 0) is 32.1 Å². The minimum Gasteiger partial charge on any atom is -0.480 e. The van der Waals surface area contributed by atoms with E-state index < -0.39 is 12.0 Å². The third-order valence-corrected chi connectivity index (χ3v) is 4.39. The van der Waals surface area contributed by atoms with E-state index in [9.17, 15) is 14.7 Å². The van der Waals surface area contributed by atoms with Gasteiger partial charge in [-0.2, -0.15) is 0 Å². The number of urea groups is 1. The molecule has 1 fully saturated rings. The fraction of sp³-hybridized carbons (Fsp3) is 0.733. The molecule has 1 aliphatic carbocycles. The predicted octanol–water partition coefficient (Wildman–Crippen LogP) is 2.38. The maximum atomic E-state index is 12.2. The van der Waals surface area contributed by atoms with Gasteiger partial charge in [-0.1, -0.05) is 30.9 Å². The summed E-state index contributed by atoms with van der Waals surface area (Å²) in [5.74, 6) is -0.832. The first kappa shape index (κ1) is 14.9. The van der Waals surface area contributed by atoms with Crippen LogP contribution in [0.25, 0.3) is 0 Å². The van der Waals surface area contributed by atoms with Crippen LogP contribution >= 0.6 is 0 Å². The van der Waals surface area contributed by atoms with Crippen molar-refractivity contribution in [2.45, 2.75) is 51.5 Å². The fourth-order valence-electron chi connectivity index (χ4n) is 3.03. The van der Waals surface area contributed by atoms with Gasteiger partial charge in [0.1, 0.15) is 6.04 Å². The number of aliphatic carboxylic acids is 1. The molecule has 2 rings (SSSR count). The molecular weight excluding hydrogens is 256 g/mol. The number of carboxylic acid groups (broad SMARTS) is 1. The summed E-state index contributed by atoms with van der Waals surface area (Å²) < 4.78 is 0. The number of nitrogens with one attached hydrogen (secondary N) is 1. The zero-order valence-electron chi connectivity index (χ0n) is 12.1. The molecule has 2 amide bonds. The van der Waals surface area contributed by atoms with Gasteiger partial charge in [-0.3, -0.25) is 0 Å². The van der Waals surface area contributed by atoms with Crippen LogP contribution in [-0.4, -0.2) is 41.1 Å². The van der Waals surface area contributed by atoms with Gasteiger partial charge in [-0.25, -0.2) is 9.59 Å². The van der Waals surface area contributed by atoms with Crippen molar-refractivity contribution in [3.05, 3.63) is 11.6 Å². The largest absolute Gasteiger partial charge is 0.480 e. The molecule has 20 heavy (non-hydrogen) atoms. The van der Waals surface area contributed by atoms with E-state index in [4.69, 9.17) is 0 Å². The minimum absolute atomic E-state index is 0.0762. The van der Waals surface area contributed by atoms with Gasteiger partial charge in [0.15, 0.2) is 0 Å². The van der Waals surface area contributed by atoms with Crippen LogP contribution in [0.15, 0.2) is 11.6 Å². The van der Waals surface area contributed by atoms with Crippen molar-refractivity contribution in [1.29, 1.82) is 0 Å². The molecule has 0 radical (unpaired) electrons. The van der Waals surface area contributed by atoms with E-state index in [1.165, 1.54) is 12.0 Å². The first-order chi connectivity index (χ1) is 9.58. The molecule has 1 saturated carbocycles. The highest BCUT2D eigenvalue weighted by atomic mass is 16.4. The van der Waals surface area contributed by atoms with Crippen LogP contribution in [0.5, 0.6) is 0 Å². The second-order valence-corrected chi connectivity index (χ2v) is 5.91. The van der Waals surface area contributed by atoms with E-state index in [2.05, 4.69) is 12.2 Å². The smallest absolute Gasteiger partial charge is 0.326 e. The minimum atomic E-state index is -0.908. The zero-order valence-corrected chi connectivity index (χ0v) is 12.1. The SMILES string of the molecule is CC1=CCN(C(=O)NC(C(=O)O)C2CCCCC2)CC1. The molecule has 2 aliphatic rings. The van der Waals surface area contributed by atoms with Crippen LogP contribution in [0, 0.1) is 5.92 Å². The first-order valence-corrected chi connectivity index (χ1v) is 7.52. The van der Waals surface area contributed by atoms with Gasteiger partial charge in [0.25, 0.3) is 0 Å². The van der Waals surface area contributed by atoms with Crippen LogP contribution in [0.2, 0.25) is 0 Å². The van der Waals surface area contributed by atoms with Crippen molar-refractivity contribution in [3.8, 4) is 0 Å². The lowest BCUT2D eigenvalue weighted by Crippen LogP contribution is -2.52. The van der Waals surface area contributed by atoms with E-state index in [-0.39, 0.29) is 11.9 Å². The first-order valence-electron chi connectivity index (χ1n) is 7.52. The molecule has 1 aliphatic heterocycles. The summed E-state index contributed by atoms with van der Waals surface area (Å²) in [6.07, 6.45) is 8.00. The highest BCUT2D eigenvalue weighted by molar-refractivity contribution is 5.83. The maximum absolute atomic E-state index is 12.2. The molecule has 1 heterocycles. The number of amides is 2. The Bertz CT molecular complexity index is 400. The zero-order chi connectivity index (χ0) is 14.5. The standard InChI is InChI=1S/C15H24N2O3/c1-11-7-9-17(10-8-11)15(20)16-13(14(18)19)12-5-3-2-4-6-12/h7,12-13H,2-6,8-10H2,1H3,(H,16,20)(H,18,19). The maximum Gasteiger partial charge on any atom is 0.326 e. The van der Waals surface area contributed by atoms with Crippen molar-refractivity contribution in [2.75, 3.05) is 13.1 Å². The highest BCUT2D eigenvalue weighted by Crippen LogP contribution is 2.26. The predicted molar refractivity (Wildman–Crippen MR) is 76.5 cm³/mol. The van der Waals surface area contributed by atoms with Crippen molar-refractivity contribution in [3.63, 3.8) is 0 Å². The van der Waals surface area contributed by atoms with Crippen molar-refractivity contribution < 1.29 is 14.7 Å². The molecule has 0 aromatic carbocycles. The molecule has 1 unspecified atom stereocenters. The summed E-state index contributed by atoms with van der Waals surface area (Å²) in [6, 6.07) is -0.985. The van der Waals surface area contributed by atoms with Crippen LogP contribution < -0.4 is 5.32 Å². The molecular formula is C15H24N2O3. The summed E-state index contributed by atoms with van der Waals surface area (Å²) in [6.45, 7) is 3.30. The number of nitrogens with zero attached hydrogens (tertiary/aromatic N) is 1. The Morgan fingerprint density at radius 1 is 1.35 bits per heavy atom. The van der Waals surface area contributed by atoms with E-state index >= 15 is 0 Å². The summed E-state index contributed by atoms with van der Waals surface area (Å²) in [4.78, 5) is 25.3. The van der Waals surface area contributed by atoms with Crippen LogP contribution in [0.1, 0.15) is 45.4 Å². The lowest BCUT2D eigenvalue weighted by atomic mass is 9.84. The van der Waals surface area contributed by atoms with E-state index in [0.717, 1.165) is 32.1 Å². The number of rotatable bonds is 3. The normalized spacial score (nSPS) is 22.1. The lowest BCUT2D eigenvalue weighted by molar-refractivity contribution is -0.141. The van der Waals surface area contributed by atoms with Crippen molar-refractivity contribution in [2.24, 2.45) is 5.92 Å². The molecule has 0 aromatic heterocycles. The van der Waals surface area contributed by atoms with Crippen LogP contribution in [-0.2, 0) is 4.79 Å². The van der Waals surface area contributed by atoms with E-state index in [0.29, 0.717) is 13.1 Å². The molecule has 5 nitrogen and oxygen atoms in total. The summed E-state index contributed by atoms with van der Waals surface area (Å²) >= 11 is 0. The summed E-state index contributed by atoms with van der Waals surface area (Å²) in [5, 5.41) is 12.1. The Kier molecular flexibility index (Phi) is 5.04. The Morgan fingerprint density at radius 2 is 2.05 bits per heavy atom. The van der Waals surface area contributed by atoms with Gasteiger partial charge in [0.2, 0.25) is 0 Å². The third-order valence-electron chi connectivity index (χ3n) is 4.39. The number of carboxylic acids is 1. The summed E-state index contributed by atoms with van der Waals surface area (Å²) in [7, 11) is 0. The summed E-state index contributed by atoms with van der Waals surface area (Å²) in [5.41, 5.74) is 1.29. The topological polar surface area (TPSA) is 69.6 Å². The number of carbonyl (C=O) groups is 2. The molecule has 0 spiro atoms. The Balaban J connectivity index is 1.93. The number of hydrogen-bond donors (Lipinski definition) is 2. The molecule has 0 bridgehead atoms. The molecule has 0 aromatic rings. The molecule has 112 valence electrons. The van der Waals surface area contributed by atoms with Gasteiger partial charge >= 0.3 is 12.0 Å². The van der Waals surface area contributed by atoms with E-state index in [1.807, 2.05) is 6.08 Å². The van der Waals surface area contributed by atoms with Gasteiger partial charge < -0.3 is 15.3 Å². The second-order valence-electron chi connectivity index (χ2n) is 5.91. The van der Waals surface area contributed by atoms with Gasteiger partial charge in [0, 0.05) is 13.1 Å². The van der Waals surface area contributed by atoms with Crippen LogP contribution in [0.3, 0.4) is 0 Å². The van der Waals surface area contributed by atoms with Crippen LogP contribution in [0.4, 0.5) is 4.79 Å². The van der Waals surface area contributed by atoms with Crippen molar-refractivity contribution >= 4 is 12.0 Å². The lowest BCUT2D eigenvalue weighted by Gasteiger charge is -2.31. The monoisotopic (exact) mass is 280 g/mol. The average molecular weight is 280 g/mol. The Morgan fingerprint density at radius 3 is 2.60 bits per heavy atom. The Labute approximate surface area is 120 Å². The van der Waals surface area contributed by atoms with Gasteiger partial charge in [0.05, 0.1) is 0 Å². The Hall–Kier alpha value is -1.52.